The lowest BCUT2D eigenvalue weighted by molar-refractivity contribution is 0.222. The lowest BCUT2D eigenvalue weighted by atomic mass is 9.73. The summed E-state index contributed by atoms with van der Waals surface area (Å²) in [7, 11) is 0. The molecule has 1 fully saturated rings. The van der Waals surface area contributed by atoms with E-state index in [4.69, 9.17) is 9.84 Å². The van der Waals surface area contributed by atoms with E-state index in [0.717, 1.165) is 18.8 Å². The van der Waals surface area contributed by atoms with Gasteiger partial charge in [-0.3, -0.25) is 0 Å². The highest BCUT2D eigenvalue weighted by Gasteiger charge is 2.50. The van der Waals surface area contributed by atoms with Crippen molar-refractivity contribution in [1.82, 2.24) is 0 Å². The van der Waals surface area contributed by atoms with Gasteiger partial charge >= 0.3 is 0 Å². The number of rotatable bonds is 1. The summed E-state index contributed by atoms with van der Waals surface area (Å²) in [5.41, 5.74) is 1.23. The first-order valence-corrected chi connectivity index (χ1v) is 6.86. The summed E-state index contributed by atoms with van der Waals surface area (Å²) >= 11 is 0. The second-order valence-corrected chi connectivity index (χ2v) is 6.71. The zero-order valence-electron chi connectivity index (χ0n) is 11.9. The van der Waals surface area contributed by atoms with E-state index < -0.39 is 5.60 Å². The minimum absolute atomic E-state index is 0.0658. The predicted molar refractivity (Wildman–Crippen MR) is 73.0 cm³/mol. The fraction of sp³-hybridized carbons (Fsp3) is 0.750. The highest BCUT2D eigenvalue weighted by atomic mass is 16.6. The van der Waals surface area contributed by atoms with Crippen LogP contribution < -0.4 is 0 Å². The Morgan fingerprint density at radius 2 is 2.22 bits per heavy atom. The monoisotopic (exact) mass is 248 g/mol. The van der Waals surface area contributed by atoms with Gasteiger partial charge < -0.3 is 9.84 Å². The van der Waals surface area contributed by atoms with E-state index in [2.05, 4.69) is 38.7 Å². The normalized spacial score (nSPS) is 35.5. The van der Waals surface area contributed by atoms with Gasteiger partial charge in [-0.1, -0.05) is 38.7 Å². The molecule has 18 heavy (non-hydrogen) atoms. The minimum atomic E-state index is -0.406. The van der Waals surface area contributed by atoms with E-state index in [0.29, 0.717) is 5.41 Å². The Bertz CT molecular complexity index is 405. The van der Waals surface area contributed by atoms with Crippen LogP contribution in [-0.2, 0) is 4.74 Å². The summed E-state index contributed by atoms with van der Waals surface area (Å²) in [5, 5.41) is 9.00. The Balaban J connectivity index is 1.94. The first kappa shape index (κ1) is 13.6. The highest BCUT2D eigenvalue weighted by Crippen LogP contribution is 2.38. The fourth-order valence-corrected chi connectivity index (χ4v) is 2.52. The summed E-state index contributed by atoms with van der Waals surface area (Å²) in [4.78, 5) is 0. The van der Waals surface area contributed by atoms with Crippen LogP contribution in [0, 0.1) is 23.2 Å². The van der Waals surface area contributed by atoms with Gasteiger partial charge in [0.25, 0.3) is 0 Å². The third-order valence-corrected chi connectivity index (χ3v) is 4.22. The van der Waals surface area contributed by atoms with Crippen molar-refractivity contribution >= 4 is 0 Å². The lowest BCUT2D eigenvalue weighted by Crippen LogP contribution is -2.22. The summed E-state index contributed by atoms with van der Waals surface area (Å²) in [6.07, 6.45) is 5.64. The summed E-state index contributed by atoms with van der Waals surface area (Å²) in [6.45, 7) is 8.95. The summed E-state index contributed by atoms with van der Waals surface area (Å²) in [5.74, 6) is 7.16. The molecule has 1 heterocycles. The molecule has 2 aliphatic rings. The van der Waals surface area contributed by atoms with Crippen molar-refractivity contribution in [3.05, 3.63) is 11.6 Å². The zero-order valence-corrected chi connectivity index (χ0v) is 11.9. The molecule has 1 aliphatic heterocycles. The van der Waals surface area contributed by atoms with Crippen molar-refractivity contribution in [3.63, 3.8) is 0 Å². The largest absolute Gasteiger partial charge is 0.394 e. The summed E-state index contributed by atoms with van der Waals surface area (Å²) in [6, 6.07) is 0. The van der Waals surface area contributed by atoms with Gasteiger partial charge in [0.15, 0.2) is 5.60 Å². The number of epoxide rings is 1. The SMILES string of the molecule is CC(C)(C)C1CC=C(C#CC2(C)OC2CO)CC1. The Morgan fingerprint density at radius 3 is 2.67 bits per heavy atom. The molecule has 0 saturated carbocycles. The summed E-state index contributed by atoms with van der Waals surface area (Å²) < 4.78 is 5.37. The van der Waals surface area contributed by atoms with Crippen molar-refractivity contribution in [2.75, 3.05) is 6.61 Å². The van der Waals surface area contributed by atoms with Crippen molar-refractivity contribution in [1.29, 1.82) is 0 Å². The standard InChI is InChI=1S/C16H24O2/c1-15(2,3)13-7-5-12(6-8-13)9-10-16(4)14(11-17)18-16/h5,13-14,17H,6-8,11H2,1-4H3. The second-order valence-electron chi connectivity index (χ2n) is 6.71. The first-order valence-electron chi connectivity index (χ1n) is 6.86. The highest BCUT2D eigenvalue weighted by molar-refractivity contribution is 5.36. The molecule has 100 valence electrons. The number of hydrogen-bond donors (Lipinski definition) is 1. The average molecular weight is 248 g/mol. The van der Waals surface area contributed by atoms with Crippen LogP contribution in [0.25, 0.3) is 0 Å². The van der Waals surface area contributed by atoms with E-state index in [-0.39, 0.29) is 12.7 Å². The molecule has 0 spiro atoms. The Hall–Kier alpha value is -0.780. The van der Waals surface area contributed by atoms with Crippen LogP contribution >= 0.6 is 0 Å². The molecule has 0 amide bonds. The molecule has 3 atom stereocenters. The molecule has 0 aromatic rings. The van der Waals surface area contributed by atoms with E-state index in [9.17, 15) is 0 Å². The second kappa shape index (κ2) is 4.72. The number of aliphatic hydroxyl groups excluding tert-OH is 1. The molecule has 0 bridgehead atoms. The molecule has 1 saturated heterocycles. The van der Waals surface area contributed by atoms with Crippen molar-refractivity contribution in [2.24, 2.45) is 11.3 Å². The minimum Gasteiger partial charge on any atom is -0.394 e. The molecule has 0 aromatic carbocycles. The fourth-order valence-electron chi connectivity index (χ4n) is 2.52. The van der Waals surface area contributed by atoms with E-state index in [1.54, 1.807) is 0 Å². The van der Waals surface area contributed by atoms with Crippen LogP contribution in [0.4, 0.5) is 0 Å². The van der Waals surface area contributed by atoms with Gasteiger partial charge in [0, 0.05) is 0 Å². The predicted octanol–water partition coefficient (Wildman–Crippen LogP) is 2.91. The van der Waals surface area contributed by atoms with E-state index in [1.807, 2.05) is 6.92 Å². The lowest BCUT2D eigenvalue weighted by Gasteiger charge is -2.32. The van der Waals surface area contributed by atoms with Gasteiger partial charge in [-0.25, -0.2) is 0 Å². The van der Waals surface area contributed by atoms with Crippen LogP contribution in [0.5, 0.6) is 0 Å². The molecule has 2 nitrogen and oxygen atoms in total. The molecule has 2 rings (SSSR count). The Labute approximate surface area is 110 Å². The van der Waals surface area contributed by atoms with Gasteiger partial charge in [0.2, 0.25) is 0 Å². The maximum atomic E-state index is 9.00. The third kappa shape index (κ3) is 2.96. The molecular formula is C16H24O2. The first-order chi connectivity index (χ1) is 8.35. The van der Waals surface area contributed by atoms with Crippen LogP contribution in [0.3, 0.4) is 0 Å². The van der Waals surface area contributed by atoms with E-state index in [1.165, 1.54) is 12.0 Å². The Kier molecular flexibility index (Phi) is 3.58. The quantitative estimate of drug-likeness (QED) is 0.571. The zero-order chi connectivity index (χ0) is 13.4. The number of allylic oxidation sites excluding steroid dienone is 2. The maximum absolute atomic E-state index is 9.00. The van der Waals surface area contributed by atoms with Gasteiger partial charge in [0.1, 0.15) is 6.10 Å². The maximum Gasteiger partial charge on any atom is 0.155 e. The van der Waals surface area contributed by atoms with Crippen molar-refractivity contribution in [3.8, 4) is 11.8 Å². The molecular weight excluding hydrogens is 224 g/mol. The van der Waals surface area contributed by atoms with Crippen molar-refractivity contribution in [2.45, 2.75) is 58.7 Å². The molecule has 3 unspecified atom stereocenters. The van der Waals surface area contributed by atoms with Crippen LogP contribution in [0.15, 0.2) is 11.6 Å². The van der Waals surface area contributed by atoms with Gasteiger partial charge in [-0.2, -0.15) is 0 Å². The van der Waals surface area contributed by atoms with Crippen LogP contribution in [0.2, 0.25) is 0 Å². The topological polar surface area (TPSA) is 32.8 Å². The van der Waals surface area contributed by atoms with Crippen molar-refractivity contribution < 1.29 is 9.84 Å². The molecule has 1 N–H and O–H groups in total. The number of hydrogen-bond acceptors (Lipinski definition) is 2. The van der Waals surface area contributed by atoms with E-state index >= 15 is 0 Å². The van der Waals surface area contributed by atoms with Gasteiger partial charge in [-0.15, -0.1) is 0 Å². The molecule has 0 aromatic heterocycles. The number of ether oxygens (including phenoxy) is 1. The van der Waals surface area contributed by atoms with Gasteiger partial charge in [0.05, 0.1) is 6.61 Å². The third-order valence-electron chi connectivity index (χ3n) is 4.22. The number of aliphatic hydroxyl groups is 1. The van der Waals surface area contributed by atoms with Crippen LogP contribution in [-0.4, -0.2) is 23.4 Å². The van der Waals surface area contributed by atoms with Gasteiger partial charge in [-0.05, 0) is 43.1 Å². The smallest absolute Gasteiger partial charge is 0.155 e. The molecule has 2 heteroatoms. The Morgan fingerprint density at radius 1 is 1.50 bits per heavy atom. The molecule has 1 aliphatic carbocycles. The molecule has 0 radical (unpaired) electrons. The van der Waals surface area contributed by atoms with Crippen LogP contribution in [0.1, 0.15) is 47.0 Å². The average Bonchev–Trinajstić information content (AvgIpc) is 2.98.